The van der Waals surface area contributed by atoms with E-state index in [1.165, 1.54) is 11.3 Å². The van der Waals surface area contributed by atoms with E-state index in [0.29, 0.717) is 12.1 Å². The summed E-state index contributed by atoms with van der Waals surface area (Å²) >= 11 is 1.54. The van der Waals surface area contributed by atoms with Crippen molar-refractivity contribution in [2.45, 2.75) is 26.3 Å². The molecule has 6 heteroatoms. The van der Waals surface area contributed by atoms with Crippen LogP contribution in [0.4, 0.5) is 0 Å². The number of carboxylic acid groups (broad SMARTS) is 1. The lowest BCUT2D eigenvalue weighted by atomic mass is 10.2. The number of aryl methyl sites for hydroxylation is 1. The largest absolute Gasteiger partial charge is 0.478 e. The van der Waals surface area contributed by atoms with Gasteiger partial charge in [-0.3, -0.25) is 0 Å². The van der Waals surface area contributed by atoms with E-state index in [4.69, 9.17) is 0 Å². The molecule has 0 fully saturated rings. The maximum Gasteiger partial charge on any atom is 0.337 e. The summed E-state index contributed by atoms with van der Waals surface area (Å²) in [5.41, 5.74) is 4.41. The summed E-state index contributed by atoms with van der Waals surface area (Å²) in [4.78, 5) is 20.4. The van der Waals surface area contributed by atoms with E-state index in [1.807, 2.05) is 16.0 Å². The molecular formula is C15H15N3O2S. The predicted octanol–water partition coefficient (Wildman–Crippen LogP) is 3.19. The van der Waals surface area contributed by atoms with Crippen molar-refractivity contribution >= 4 is 28.3 Å². The first kappa shape index (κ1) is 13.8. The second-order valence-electron chi connectivity index (χ2n) is 4.82. The number of imidazole rings is 1. The minimum absolute atomic E-state index is 0.289. The smallest absolute Gasteiger partial charge is 0.337 e. The summed E-state index contributed by atoms with van der Waals surface area (Å²) < 4.78 is 1.98. The summed E-state index contributed by atoms with van der Waals surface area (Å²) in [6.45, 7) is 2.64. The Labute approximate surface area is 125 Å². The zero-order chi connectivity index (χ0) is 14.8. The number of para-hydroxylation sites is 1. The Morgan fingerprint density at radius 3 is 2.95 bits per heavy atom. The second-order valence-corrected chi connectivity index (χ2v) is 5.54. The maximum atomic E-state index is 11.5. The normalized spacial score (nSPS) is 11.1. The van der Waals surface area contributed by atoms with Crippen LogP contribution in [0, 0.1) is 0 Å². The third-order valence-electron chi connectivity index (χ3n) is 3.35. The van der Waals surface area contributed by atoms with Gasteiger partial charge in [-0.25, -0.2) is 14.8 Å². The molecule has 1 N–H and O–H groups in total. The number of aromatic nitrogens is 3. The molecule has 0 saturated heterocycles. The standard InChI is InChI=1S/C15H15N3O2S/c1-2-4-13-17-12-6-3-5-11(15(19)20)14(12)18(13)7-10-8-21-9-16-10/h3,5-6,8-9H,2,4,7H2,1H3,(H,19,20). The molecule has 108 valence electrons. The molecule has 0 spiro atoms. The van der Waals surface area contributed by atoms with Crippen molar-refractivity contribution in [3.8, 4) is 0 Å². The molecule has 0 unspecified atom stereocenters. The van der Waals surface area contributed by atoms with Crippen LogP contribution in [-0.4, -0.2) is 25.6 Å². The van der Waals surface area contributed by atoms with Crippen molar-refractivity contribution < 1.29 is 9.90 Å². The van der Waals surface area contributed by atoms with Gasteiger partial charge in [0, 0.05) is 11.8 Å². The van der Waals surface area contributed by atoms with Gasteiger partial charge in [-0.15, -0.1) is 11.3 Å². The van der Waals surface area contributed by atoms with Crippen molar-refractivity contribution in [2.24, 2.45) is 0 Å². The monoisotopic (exact) mass is 301 g/mol. The Morgan fingerprint density at radius 1 is 1.43 bits per heavy atom. The number of benzene rings is 1. The molecule has 0 saturated carbocycles. The number of carbonyl (C=O) groups is 1. The predicted molar refractivity (Wildman–Crippen MR) is 81.9 cm³/mol. The first-order valence-corrected chi connectivity index (χ1v) is 7.73. The molecular weight excluding hydrogens is 286 g/mol. The van der Waals surface area contributed by atoms with Crippen molar-refractivity contribution in [3.05, 3.63) is 46.2 Å². The van der Waals surface area contributed by atoms with Crippen LogP contribution in [-0.2, 0) is 13.0 Å². The maximum absolute atomic E-state index is 11.5. The van der Waals surface area contributed by atoms with Crippen LogP contribution in [0.1, 0.15) is 35.2 Å². The Bertz CT molecular complexity index is 778. The molecule has 0 aliphatic carbocycles. The first-order valence-electron chi connectivity index (χ1n) is 6.79. The fourth-order valence-electron chi connectivity index (χ4n) is 2.47. The lowest BCUT2D eigenvalue weighted by Crippen LogP contribution is -2.08. The summed E-state index contributed by atoms with van der Waals surface area (Å²) in [5.74, 6) is -0.0164. The Balaban J connectivity index is 2.21. The third-order valence-corrected chi connectivity index (χ3v) is 3.99. The van der Waals surface area contributed by atoms with E-state index in [2.05, 4.69) is 16.9 Å². The Kier molecular flexibility index (Phi) is 3.70. The highest BCUT2D eigenvalue weighted by atomic mass is 32.1. The molecule has 21 heavy (non-hydrogen) atoms. The van der Waals surface area contributed by atoms with E-state index in [0.717, 1.165) is 29.9 Å². The molecule has 0 radical (unpaired) electrons. The van der Waals surface area contributed by atoms with Crippen molar-refractivity contribution in [2.75, 3.05) is 0 Å². The fourth-order valence-corrected chi connectivity index (χ4v) is 3.02. The van der Waals surface area contributed by atoms with Crippen molar-refractivity contribution in [1.29, 1.82) is 0 Å². The van der Waals surface area contributed by atoms with E-state index >= 15 is 0 Å². The number of hydrogen-bond acceptors (Lipinski definition) is 4. The van der Waals surface area contributed by atoms with E-state index < -0.39 is 5.97 Å². The van der Waals surface area contributed by atoms with Crippen LogP contribution in [0.15, 0.2) is 29.1 Å². The Morgan fingerprint density at radius 2 is 2.29 bits per heavy atom. The van der Waals surface area contributed by atoms with Gasteiger partial charge in [0.05, 0.1) is 34.3 Å². The number of carboxylic acids is 1. The van der Waals surface area contributed by atoms with E-state index in [9.17, 15) is 9.90 Å². The summed E-state index contributed by atoms with van der Waals surface area (Å²) in [5, 5.41) is 11.4. The van der Waals surface area contributed by atoms with Crippen LogP contribution >= 0.6 is 11.3 Å². The minimum Gasteiger partial charge on any atom is -0.478 e. The van der Waals surface area contributed by atoms with E-state index in [-0.39, 0.29) is 5.56 Å². The molecule has 0 aliphatic rings. The van der Waals surface area contributed by atoms with Gasteiger partial charge in [-0.1, -0.05) is 13.0 Å². The van der Waals surface area contributed by atoms with Gasteiger partial charge in [0.2, 0.25) is 0 Å². The molecule has 0 atom stereocenters. The molecule has 0 amide bonds. The highest BCUT2D eigenvalue weighted by Crippen LogP contribution is 2.23. The molecule has 3 rings (SSSR count). The molecule has 1 aromatic carbocycles. The van der Waals surface area contributed by atoms with Crippen molar-refractivity contribution in [1.82, 2.24) is 14.5 Å². The average Bonchev–Trinajstić information content (AvgIpc) is 3.08. The molecule has 3 aromatic rings. The quantitative estimate of drug-likeness (QED) is 0.786. The van der Waals surface area contributed by atoms with Crippen LogP contribution in [0.3, 0.4) is 0 Å². The number of aromatic carboxylic acids is 1. The van der Waals surface area contributed by atoms with Crippen molar-refractivity contribution in [3.63, 3.8) is 0 Å². The summed E-state index contributed by atoms with van der Waals surface area (Å²) in [6, 6.07) is 5.22. The molecule has 2 heterocycles. The third kappa shape index (κ3) is 2.54. The first-order chi connectivity index (χ1) is 10.2. The van der Waals surface area contributed by atoms with Crippen LogP contribution in [0.25, 0.3) is 11.0 Å². The van der Waals surface area contributed by atoms with Gasteiger partial charge in [0.15, 0.2) is 0 Å². The summed E-state index contributed by atoms with van der Waals surface area (Å²) in [6.07, 6.45) is 1.78. The molecule has 0 bridgehead atoms. The van der Waals surface area contributed by atoms with Crippen LogP contribution < -0.4 is 0 Å². The number of hydrogen-bond donors (Lipinski definition) is 1. The average molecular weight is 301 g/mol. The fraction of sp³-hybridized carbons (Fsp3) is 0.267. The number of nitrogens with zero attached hydrogens (tertiary/aromatic N) is 3. The minimum atomic E-state index is -0.928. The van der Waals surface area contributed by atoms with Gasteiger partial charge >= 0.3 is 5.97 Å². The Hall–Kier alpha value is -2.21. The summed E-state index contributed by atoms with van der Waals surface area (Å²) in [7, 11) is 0. The van der Waals surface area contributed by atoms with Gasteiger partial charge in [-0.2, -0.15) is 0 Å². The van der Waals surface area contributed by atoms with Gasteiger partial charge in [0.25, 0.3) is 0 Å². The molecule has 5 nitrogen and oxygen atoms in total. The highest BCUT2D eigenvalue weighted by molar-refractivity contribution is 7.07. The SMILES string of the molecule is CCCc1nc2cccc(C(=O)O)c2n1Cc1cscn1. The number of rotatable bonds is 5. The van der Waals surface area contributed by atoms with E-state index in [1.54, 1.807) is 17.6 Å². The van der Waals surface area contributed by atoms with Gasteiger partial charge < -0.3 is 9.67 Å². The zero-order valence-corrected chi connectivity index (χ0v) is 12.4. The second kappa shape index (κ2) is 5.65. The number of fused-ring (bicyclic) bond motifs is 1. The van der Waals surface area contributed by atoms with Crippen LogP contribution in [0.5, 0.6) is 0 Å². The van der Waals surface area contributed by atoms with Gasteiger partial charge in [-0.05, 0) is 18.6 Å². The van der Waals surface area contributed by atoms with Gasteiger partial charge in [0.1, 0.15) is 5.82 Å². The highest BCUT2D eigenvalue weighted by Gasteiger charge is 2.17. The topological polar surface area (TPSA) is 68.0 Å². The zero-order valence-electron chi connectivity index (χ0n) is 11.6. The lowest BCUT2D eigenvalue weighted by Gasteiger charge is -2.08. The molecule has 2 aromatic heterocycles. The molecule has 0 aliphatic heterocycles. The number of thiazole rings is 1. The lowest BCUT2D eigenvalue weighted by molar-refractivity contribution is 0.0698. The van der Waals surface area contributed by atoms with Crippen LogP contribution in [0.2, 0.25) is 0 Å².